The molecule has 0 fully saturated rings. The molecule has 2 unspecified atom stereocenters. The molecule has 2 atom stereocenters. The average Bonchev–Trinajstić information content (AvgIpc) is 2.48. The fourth-order valence-electron chi connectivity index (χ4n) is 2.01. The van der Waals surface area contributed by atoms with Gasteiger partial charge in [0.25, 0.3) is 0 Å². The lowest BCUT2D eigenvalue weighted by Crippen LogP contribution is -2.26. The fraction of sp³-hybridized carbons (Fsp3) is 0.250. The summed E-state index contributed by atoms with van der Waals surface area (Å²) in [5, 5.41) is -0.151. The van der Waals surface area contributed by atoms with Crippen LogP contribution in [0.4, 0.5) is 8.78 Å². The standard InChI is InChI=1S/C16H16BrF2NS/c1-2-14(20)16(11-5-3-4-6-12(11)17)21-15-9-10(18)7-8-13(15)19/h3-9,14,16H,2,20H2,1H3. The van der Waals surface area contributed by atoms with Crippen LogP contribution in [0, 0.1) is 11.6 Å². The van der Waals surface area contributed by atoms with Gasteiger partial charge in [-0.05, 0) is 36.2 Å². The molecule has 0 spiro atoms. The highest BCUT2D eigenvalue weighted by atomic mass is 79.9. The van der Waals surface area contributed by atoms with Gasteiger partial charge < -0.3 is 5.73 Å². The molecule has 0 heterocycles. The molecule has 2 aromatic rings. The van der Waals surface area contributed by atoms with Crippen LogP contribution in [0.15, 0.2) is 51.8 Å². The van der Waals surface area contributed by atoms with Crippen molar-refractivity contribution in [2.75, 3.05) is 0 Å². The zero-order chi connectivity index (χ0) is 15.4. The van der Waals surface area contributed by atoms with Gasteiger partial charge in [-0.2, -0.15) is 0 Å². The van der Waals surface area contributed by atoms with E-state index in [1.54, 1.807) is 0 Å². The lowest BCUT2D eigenvalue weighted by atomic mass is 10.0. The first-order chi connectivity index (χ1) is 10.0. The molecular formula is C16H16BrF2NS. The van der Waals surface area contributed by atoms with Crippen LogP contribution in [0.25, 0.3) is 0 Å². The number of halogens is 3. The summed E-state index contributed by atoms with van der Waals surface area (Å²) in [7, 11) is 0. The summed E-state index contributed by atoms with van der Waals surface area (Å²) in [5.74, 6) is -0.878. The normalized spacial score (nSPS) is 14.0. The zero-order valence-corrected chi connectivity index (χ0v) is 13.9. The van der Waals surface area contributed by atoms with E-state index in [-0.39, 0.29) is 16.2 Å². The minimum absolute atomic E-state index is 0.151. The van der Waals surface area contributed by atoms with Gasteiger partial charge in [0.1, 0.15) is 11.6 Å². The molecule has 0 saturated heterocycles. The van der Waals surface area contributed by atoms with Crippen molar-refractivity contribution in [3.8, 4) is 0 Å². The van der Waals surface area contributed by atoms with Gasteiger partial charge in [0.2, 0.25) is 0 Å². The van der Waals surface area contributed by atoms with Crippen molar-refractivity contribution >= 4 is 27.7 Å². The molecule has 0 aliphatic rings. The van der Waals surface area contributed by atoms with Gasteiger partial charge in [0.05, 0.1) is 5.25 Å². The second-order valence-electron chi connectivity index (χ2n) is 4.71. The Labute approximate surface area is 136 Å². The summed E-state index contributed by atoms with van der Waals surface area (Å²) in [6.45, 7) is 1.98. The summed E-state index contributed by atoms with van der Waals surface area (Å²) in [4.78, 5) is 0.277. The van der Waals surface area contributed by atoms with Gasteiger partial charge in [-0.25, -0.2) is 8.78 Å². The van der Waals surface area contributed by atoms with E-state index >= 15 is 0 Å². The van der Waals surface area contributed by atoms with Crippen molar-refractivity contribution in [1.29, 1.82) is 0 Å². The molecule has 0 aliphatic carbocycles. The number of benzene rings is 2. The fourth-order valence-corrected chi connectivity index (χ4v) is 4.02. The van der Waals surface area contributed by atoms with Crippen molar-refractivity contribution in [2.24, 2.45) is 5.73 Å². The minimum atomic E-state index is -0.449. The molecule has 0 aromatic heterocycles. The van der Waals surface area contributed by atoms with Crippen molar-refractivity contribution in [3.63, 3.8) is 0 Å². The van der Waals surface area contributed by atoms with Gasteiger partial charge in [0, 0.05) is 15.4 Å². The average molecular weight is 372 g/mol. The summed E-state index contributed by atoms with van der Waals surface area (Å²) in [6, 6.07) is 11.0. The molecule has 0 amide bonds. The monoisotopic (exact) mass is 371 g/mol. The Kier molecular flexibility index (Phi) is 5.79. The SMILES string of the molecule is CCC(N)C(Sc1cc(F)ccc1F)c1ccccc1Br. The second-order valence-corrected chi connectivity index (χ2v) is 6.74. The van der Waals surface area contributed by atoms with E-state index in [9.17, 15) is 8.78 Å². The van der Waals surface area contributed by atoms with Crippen LogP contribution in [0.3, 0.4) is 0 Å². The highest BCUT2D eigenvalue weighted by Crippen LogP contribution is 2.41. The molecule has 2 N–H and O–H groups in total. The van der Waals surface area contributed by atoms with Gasteiger partial charge >= 0.3 is 0 Å². The van der Waals surface area contributed by atoms with Crippen LogP contribution in [0.5, 0.6) is 0 Å². The smallest absolute Gasteiger partial charge is 0.136 e. The molecule has 2 rings (SSSR count). The maximum atomic E-state index is 13.9. The quantitative estimate of drug-likeness (QED) is 0.721. The maximum absolute atomic E-state index is 13.9. The van der Waals surface area contributed by atoms with Crippen LogP contribution < -0.4 is 5.73 Å². The third kappa shape index (κ3) is 4.05. The molecular weight excluding hydrogens is 356 g/mol. The van der Waals surface area contributed by atoms with E-state index in [2.05, 4.69) is 15.9 Å². The Bertz CT molecular complexity index is 621. The molecule has 0 radical (unpaired) electrons. The summed E-state index contributed by atoms with van der Waals surface area (Å²) in [6.07, 6.45) is 0.746. The van der Waals surface area contributed by atoms with Gasteiger partial charge in [-0.15, -0.1) is 11.8 Å². The molecule has 0 saturated carbocycles. The van der Waals surface area contributed by atoms with Gasteiger partial charge in [-0.1, -0.05) is 41.1 Å². The largest absolute Gasteiger partial charge is 0.326 e. The number of thioether (sulfide) groups is 1. The van der Waals surface area contributed by atoms with Crippen LogP contribution in [-0.4, -0.2) is 6.04 Å². The molecule has 0 bridgehead atoms. The number of hydrogen-bond acceptors (Lipinski definition) is 2. The summed E-state index contributed by atoms with van der Waals surface area (Å²) >= 11 is 4.76. The second kappa shape index (κ2) is 7.38. The lowest BCUT2D eigenvalue weighted by Gasteiger charge is -2.24. The topological polar surface area (TPSA) is 26.0 Å². The lowest BCUT2D eigenvalue weighted by molar-refractivity contribution is 0.574. The number of hydrogen-bond donors (Lipinski definition) is 1. The van der Waals surface area contributed by atoms with Crippen molar-refractivity contribution in [2.45, 2.75) is 29.5 Å². The number of nitrogens with two attached hydrogens (primary N) is 1. The van der Waals surface area contributed by atoms with Crippen LogP contribution in [0.2, 0.25) is 0 Å². The molecule has 21 heavy (non-hydrogen) atoms. The van der Waals surface area contributed by atoms with Gasteiger partial charge in [-0.3, -0.25) is 0 Å². The van der Waals surface area contributed by atoms with Crippen LogP contribution in [-0.2, 0) is 0 Å². The first kappa shape index (κ1) is 16.5. The predicted molar refractivity (Wildman–Crippen MR) is 87.4 cm³/mol. The van der Waals surface area contributed by atoms with E-state index < -0.39 is 11.6 Å². The van der Waals surface area contributed by atoms with E-state index in [0.29, 0.717) is 0 Å². The van der Waals surface area contributed by atoms with Crippen molar-refractivity contribution < 1.29 is 8.78 Å². The van der Waals surface area contributed by atoms with Crippen molar-refractivity contribution in [3.05, 3.63) is 64.1 Å². The Morgan fingerprint density at radius 3 is 2.57 bits per heavy atom. The maximum Gasteiger partial charge on any atom is 0.136 e. The first-order valence-corrected chi connectivity index (χ1v) is 8.32. The molecule has 112 valence electrons. The Hall–Kier alpha value is -0.910. The molecule has 5 heteroatoms. The van der Waals surface area contributed by atoms with Gasteiger partial charge in [0.15, 0.2) is 0 Å². The zero-order valence-electron chi connectivity index (χ0n) is 11.5. The van der Waals surface area contributed by atoms with E-state index in [4.69, 9.17) is 5.73 Å². The van der Waals surface area contributed by atoms with Crippen LogP contribution >= 0.6 is 27.7 Å². The van der Waals surface area contributed by atoms with Crippen LogP contribution in [0.1, 0.15) is 24.2 Å². The molecule has 1 nitrogen and oxygen atoms in total. The number of rotatable bonds is 5. The van der Waals surface area contributed by atoms with Crippen molar-refractivity contribution in [1.82, 2.24) is 0 Å². The third-order valence-electron chi connectivity index (χ3n) is 3.22. The van der Waals surface area contributed by atoms with E-state index in [1.165, 1.54) is 17.8 Å². The minimum Gasteiger partial charge on any atom is -0.326 e. The highest BCUT2D eigenvalue weighted by molar-refractivity contribution is 9.10. The third-order valence-corrected chi connectivity index (χ3v) is 5.37. The Morgan fingerprint density at radius 1 is 1.19 bits per heavy atom. The highest BCUT2D eigenvalue weighted by Gasteiger charge is 2.23. The Morgan fingerprint density at radius 2 is 1.90 bits per heavy atom. The van der Waals surface area contributed by atoms with E-state index in [1.807, 2.05) is 31.2 Å². The molecule has 0 aliphatic heterocycles. The first-order valence-electron chi connectivity index (χ1n) is 6.64. The predicted octanol–water partition coefficient (Wildman–Crippen LogP) is 5.30. The summed E-state index contributed by atoms with van der Waals surface area (Å²) in [5.41, 5.74) is 7.18. The Balaban J connectivity index is 2.38. The summed E-state index contributed by atoms with van der Waals surface area (Å²) < 4.78 is 28.1. The van der Waals surface area contributed by atoms with E-state index in [0.717, 1.165) is 28.6 Å². The molecule has 2 aromatic carbocycles.